The molecule has 1 aliphatic rings. The van der Waals surface area contributed by atoms with E-state index in [-0.39, 0.29) is 11.9 Å². The van der Waals surface area contributed by atoms with Crippen molar-refractivity contribution in [2.24, 2.45) is 0 Å². The second kappa shape index (κ2) is 9.50. The first-order valence-corrected chi connectivity index (χ1v) is 9.53. The minimum atomic E-state index is -0.230. The molecular formula is C21H28N2O5. The third-order valence-electron chi connectivity index (χ3n) is 5.11. The summed E-state index contributed by atoms with van der Waals surface area (Å²) in [6.07, 6.45) is 5.24. The zero-order valence-corrected chi connectivity index (χ0v) is 16.7. The molecular weight excluding hydrogens is 360 g/mol. The second-order valence-electron chi connectivity index (χ2n) is 6.75. The van der Waals surface area contributed by atoms with Gasteiger partial charge in [0.2, 0.25) is 0 Å². The predicted octanol–water partition coefficient (Wildman–Crippen LogP) is 3.26. The number of furan rings is 1. The Kier molecular flexibility index (Phi) is 6.81. The maximum absolute atomic E-state index is 12.9. The van der Waals surface area contributed by atoms with Gasteiger partial charge in [0.1, 0.15) is 11.5 Å². The van der Waals surface area contributed by atoms with Crippen molar-refractivity contribution in [2.45, 2.75) is 25.3 Å². The fraction of sp³-hybridized carbons (Fsp3) is 0.476. The monoisotopic (exact) mass is 388 g/mol. The third kappa shape index (κ3) is 4.42. The van der Waals surface area contributed by atoms with Crippen LogP contribution in [0.15, 0.2) is 34.9 Å². The van der Waals surface area contributed by atoms with Gasteiger partial charge < -0.3 is 23.9 Å². The lowest BCUT2D eigenvalue weighted by molar-refractivity contribution is 0.0910. The molecule has 152 valence electrons. The first-order chi connectivity index (χ1) is 13.7. The minimum absolute atomic E-state index is 0.00499. The smallest absolute Gasteiger partial charge is 0.255 e. The molecule has 1 aromatic carbocycles. The van der Waals surface area contributed by atoms with Gasteiger partial charge in [-0.25, -0.2) is 0 Å². The van der Waals surface area contributed by atoms with E-state index in [1.807, 2.05) is 12.1 Å². The van der Waals surface area contributed by atoms with Gasteiger partial charge in [0, 0.05) is 18.7 Å². The van der Waals surface area contributed by atoms with Gasteiger partial charge in [0.05, 0.1) is 39.2 Å². The number of nitrogens with zero attached hydrogens (tertiary/aromatic N) is 1. The summed E-state index contributed by atoms with van der Waals surface area (Å²) in [5.41, 5.74) is 0.400. The lowest BCUT2D eigenvalue weighted by Gasteiger charge is -2.33. The lowest BCUT2D eigenvalue weighted by atomic mass is 10.1. The highest BCUT2D eigenvalue weighted by molar-refractivity contribution is 5.97. The third-order valence-corrected chi connectivity index (χ3v) is 5.11. The summed E-state index contributed by atoms with van der Waals surface area (Å²) in [4.78, 5) is 15.3. The minimum Gasteiger partial charge on any atom is -0.496 e. The Hall–Kier alpha value is -2.67. The molecule has 7 nitrogen and oxygen atoms in total. The molecule has 3 rings (SSSR count). The van der Waals surface area contributed by atoms with Gasteiger partial charge >= 0.3 is 0 Å². The number of carbonyl (C=O) groups excluding carboxylic acids is 1. The molecule has 0 bridgehead atoms. The zero-order chi connectivity index (χ0) is 19.9. The van der Waals surface area contributed by atoms with E-state index >= 15 is 0 Å². The quantitative estimate of drug-likeness (QED) is 0.748. The number of nitrogens with one attached hydrogen (secondary N) is 1. The number of likely N-dealkylation sites (tertiary alicyclic amines) is 1. The van der Waals surface area contributed by atoms with E-state index in [1.165, 1.54) is 20.6 Å². The Morgan fingerprint density at radius 1 is 1.07 bits per heavy atom. The molecule has 7 heteroatoms. The molecule has 1 atom stereocenters. The van der Waals surface area contributed by atoms with Crippen molar-refractivity contribution in [3.63, 3.8) is 0 Å². The van der Waals surface area contributed by atoms with Gasteiger partial charge in [-0.2, -0.15) is 0 Å². The highest BCUT2D eigenvalue weighted by Crippen LogP contribution is 2.34. The van der Waals surface area contributed by atoms with Gasteiger partial charge in [-0.3, -0.25) is 9.69 Å². The van der Waals surface area contributed by atoms with Gasteiger partial charge in [0.15, 0.2) is 11.5 Å². The first kappa shape index (κ1) is 20.1. The number of benzene rings is 1. The van der Waals surface area contributed by atoms with Crippen molar-refractivity contribution < 1.29 is 23.4 Å². The maximum atomic E-state index is 12.9. The van der Waals surface area contributed by atoms with Crippen molar-refractivity contribution in [3.05, 3.63) is 41.9 Å². The predicted molar refractivity (Wildman–Crippen MR) is 105 cm³/mol. The zero-order valence-electron chi connectivity index (χ0n) is 16.7. The van der Waals surface area contributed by atoms with E-state index in [2.05, 4.69) is 10.2 Å². The fourth-order valence-electron chi connectivity index (χ4n) is 3.61. The summed E-state index contributed by atoms with van der Waals surface area (Å²) >= 11 is 0. The molecule has 2 aromatic rings. The van der Waals surface area contributed by atoms with Crippen molar-refractivity contribution in [1.29, 1.82) is 0 Å². The Morgan fingerprint density at radius 2 is 1.75 bits per heavy atom. The van der Waals surface area contributed by atoms with Crippen LogP contribution in [-0.4, -0.2) is 51.8 Å². The molecule has 0 saturated carbocycles. The summed E-state index contributed by atoms with van der Waals surface area (Å²) in [5.74, 6) is 2.06. The number of hydrogen-bond acceptors (Lipinski definition) is 6. The SMILES string of the molecule is COc1cc(OC)c(C(=O)NCC(c2ccco2)N2CCCCC2)cc1OC. The average Bonchev–Trinajstić information content (AvgIpc) is 3.28. The molecule has 1 unspecified atom stereocenters. The molecule has 0 radical (unpaired) electrons. The van der Waals surface area contributed by atoms with Crippen LogP contribution >= 0.6 is 0 Å². The van der Waals surface area contributed by atoms with E-state index in [0.29, 0.717) is 29.4 Å². The van der Waals surface area contributed by atoms with Crippen molar-refractivity contribution in [1.82, 2.24) is 10.2 Å². The van der Waals surface area contributed by atoms with Crippen LogP contribution in [-0.2, 0) is 0 Å². The van der Waals surface area contributed by atoms with Gasteiger partial charge in [-0.1, -0.05) is 6.42 Å². The molecule has 1 aromatic heterocycles. The number of ether oxygens (including phenoxy) is 3. The molecule has 1 N–H and O–H groups in total. The van der Waals surface area contributed by atoms with Crippen molar-refractivity contribution in [2.75, 3.05) is 41.0 Å². The highest BCUT2D eigenvalue weighted by atomic mass is 16.5. The largest absolute Gasteiger partial charge is 0.496 e. The van der Waals surface area contributed by atoms with Crippen LogP contribution in [0.1, 0.15) is 41.4 Å². The molecule has 28 heavy (non-hydrogen) atoms. The van der Waals surface area contributed by atoms with Gasteiger partial charge in [-0.15, -0.1) is 0 Å². The lowest BCUT2D eigenvalue weighted by Crippen LogP contribution is -2.40. The molecule has 1 aliphatic heterocycles. The number of rotatable bonds is 8. The number of amides is 1. The van der Waals surface area contributed by atoms with E-state index in [9.17, 15) is 4.79 Å². The van der Waals surface area contributed by atoms with E-state index in [0.717, 1.165) is 31.7 Å². The molecule has 1 fully saturated rings. The molecule has 2 heterocycles. The summed E-state index contributed by atoms with van der Waals surface area (Å²) in [6.45, 7) is 2.45. The van der Waals surface area contributed by atoms with Crippen LogP contribution in [0.4, 0.5) is 0 Å². The van der Waals surface area contributed by atoms with Crippen molar-refractivity contribution in [3.8, 4) is 17.2 Å². The Balaban J connectivity index is 1.77. The van der Waals surface area contributed by atoms with Crippen LogP contribution < -0.4 is 19.5 Å². The van der Waals surface area contributed by atoms with E-state index in [4.69, 9.17) is 18.6 Å². The fourth-order valence-corrected chi connectivity index (χ4v) is 3.61. The molecule has 0 spiro atoms. The summed E-state index contributed by atoms with van der Waals surface area (Å²) in [6, 6.07) is 7.14. The van der Waals surface area contributed by atoms with E-state index in [1.54, 1.807) is 25.5 Å². The number of hydrogen-bond donors (Lipinski definition) is 1. The molecule has 1 saturated heterocycles. The van der Waals surface area contributed by atoms with E-state index < -0.39 is 0 Å². The van der Waals surface area contributed by atoms with Crippen molar-refractivity contribution >= 4 is 5.91 Å². The highest BCUT2D eigenvalue weighted by Gasteiger charge is 2.26. The Labute approximate surface area is 165 Å². The topological polar surface area (TPSA) is 73.2 Å². The van der Waals surface area contributed by atoms with Crippen LogP contribution in [0.25, 0.3) is 0 Å². The summed E-state index contributed by atoms with van der Waals surface area (Å²) in [5, 5.41) is 3.03. The van der Waals surface area contributed by atoms with Gasteiger partial charge in [-0.05, 0) is 38.1 Å². The van der Waals surface area contributed by atoms with Gasteiger partial charge in [0.25, 0.3) is 5.91 Å². The molecule has 0 aliphatic carbocycles. The Morgan fingerprint density at radius 3 is 2.36 bits per heavy atom. The number of piperidine rings is 1. The normalized spacial score (nSPS) is 15.7. The summed E-state index contributed by atoms with van der Waals surface area (Å²) < 4.78 is 21.6. The van der Waals surface area contributed by atoms with Crippen LogP contribution in [0.2, 0.25) is 0 Å². The van der Waals surface area contributed by atoms with Crippen LogP contribution in [0.3, 0.4) is 0 Å². The number of carbonyl (C=O) groups is 1. The standard InChI is InChI=1S/C21H28N2O5/c1-25-18-13-20(27-3)19(26-2)12-15(18)21(24)22-14-16(17-8-7-11-28-17)23-9-5-4-6-10-23/h7-8,11-13,16H,4-6,9-10,14H2,1-3H3,(H,22,24). The Bertz CT molecular complexity index is 769. The first-order valence-electron chi connectivity index (χ1n) is 9.53. The molecule has 1 amide bonds. The summed E-state index contributed by atoms with van der Waals surface area (Å²) in [7, 11) is 4.61. The van der Waals surface area contributed by atoms with Crippen LogP contribution in [0.5, 0.6) is 17.2 Å². The second-order valence-corrected chi connectivity index (χ2v) is 6.75. The average molecular weight is 388 g/mol. The maximum Gasteiger partial charge on any atom is 0.255 e. The van der Waals surface area contributed by atoms with Crippen LogP contribution in [0, 0.1) is 0 Å². The number of methoxy groups -OCH3 is 3.